The van der Waals surface area contributed by atoms with Gasteiger partial charge in [0.25, 0.3) is 0 Å². The first-order valence-corrected chi connectivity index (χ1v) is 7.71. The van der Waals surface area contributed by atoms with Gasteiger partial charge < -0.3 is 16.8 Å². The van der Waals surface area contributed by atoms with E-state index in [0.717, 1.165) is 9.35 Å². The monoisotopic (exact) mass is 367 g/mol. The summed E-state index contributed by atoms with van der Waals surface area (Å²) in [4.78, 5) is 24.9. The zero-order valence-corrected chi connectivity index (χ0v) is 13.7. The largest absolute Gasteiger partial charge is 0.380 e. The van der Waals surface area contributed by atoms with Crippen molar-refractivity contribution < 1.29 is 9.59 Å². The van der Waals surface area contributed by atoms with E-state index in [1.165, 1.54) is 10.9 Å². The highest BCUT2D eigenvalue weighted by molar-refractivity contribution is 9.10. The van der Waals surface area contributed by atoms with E-state index < -0.39 is 11.8 Å². The van der Waals surface area contributed by atoms with E-state index in [4.69, 9.17) is 11.5 Å². The predicted molar refractivity (Wildman–Crippen MR) is 87.6 cm³/mol. The minimum Gasteiger partial charge on any atom is -0.380 e. The van der Waals surface area contributed by atoms with Gasteiger partial charge >= 0.3 is 0 Å². The first-order chi connectivity index (χ1) is 9.86. The summed E-state index contributed by atoms with van der Waals surface area (Å²) in [6.45, 7) is 2.61. The molecule has 0 spiro atoms. The lowest BCUT2D eigenvalue weighted by Gasteiger charge is -2.08. The molecule has 2 aromatic rings. The molecule has 110 valence electrons. The second-order valence-electron chi connectivity index (χ2n) is 4.50. The van der Waals surface area contributed by atoms with Crippen LogP contribution in [0.1, 0.15) is 30.5 Å². The molecule has 1 aromatic carbocycles. The number of thiophene rings is 1. The van der Waals surface area contributed by atoms with E-state index in [9.17, 15) is 9.59 Å². The third kappa shape index (κ3) is 3.83. The van der Waals surface area contributed by atoms with Crippen molar-refractivity contribution >= 4 is 44.8 Å². The van der Waals surface area contributed by atoms with Crippen LogP contribution in [0.15, 0.2) is 28.7 Å². The molecule has 1 heterocycles. The molecule has 5 nitrogen and oxygen atoms in total. The van der Waals surface area contributed by atoms with Crippen molar-refractivity contribution in [1.82, 2.24) is 0 Å². The number of nitrogens with one attached hydrogen (secondary N) is 1. The van der Waals surface area contributed by atoms with Gasteiger partial charge in [-0.15, -0.1) is 11.3 Å². The molecular formula is C14H14BrN3O2S. The molecule has 21 heavy (non-hydrogen) atoms. The van der Waals surface area contributed by atoms with Gasteiger partial charge in [-0.25, -0.2) is 0 Å². The summed E-state index contributed by atoms with van der Waals surface area (Å²) in [6.07, 6.45) is 0. The topological polar surface area (TPSA) is 98.2 Å². The number of benzene rings is 1. The Morgan fingerprint density at radius 2 is 1.71 bits per heavy atom. The van der Waals surface area contributed by atoms with Gasteiger partial charge in [0.15, 0.2) is 0 Å². The summed E-state index contributed by atoms with van der Waals surface area (Å²) in [5, 5.41) is 3.17. The number of aryl methyl sites for hydroxylation is 1. The Morgan fingerprint density at radius 1 is 1.14 bits per heavy atom. The summed E-state index contributed by atoms with van der Waals surface area (Å²) in [5.74, 6) is -1.20. The second kappa shape index (κ2) is 6.28. The molecule has 2 amide bonds. The molecule has 0 aliphatic heterocycles. The summed E-state index contributed by atoms with van der Waals surface area (Å²) >= 11 is 5.13. The molecular weight excluding hydrogens is 354 g/mol. The lowest BCUT2D eigenvalue weighted by molar-refractivity contribution is 0.0999. The molecule has 0 unspecified atom stereocenters. The number of hydrogen-bond acceptors (Lipinski definition) is 4. The van der Waals surface area contributed by atoms with Gasteiger partial charge in [0, 0.05) is 37.6 Å². The Labute approximate surface area is 134 Å². The van der Waals surface area contributed by atoms with Crippen molar-refractivity contribution in [3.63, 3.8) is 0 Å². The molecule has 0 atom stereocenters. The lowest BCUT2D eigenvalue weighted by Crippen LogP contribution is -2.16. The lowest BCUT2D eigenvalue weighted by atomic mass is 10.1. The average molecular weight is 368 g/mol. The Bertz CT molecular complexity index is 660. The van der Waals surface area contributed by atoms with Gasteiger partial charge in [-0.2, -0.15) is 0 Å². The van der Waals surface area contributed by atoms with Crippen molar-refractivity contribution in [2.24, 2.45) is 11.5 Å². The van der Waals surface area contributed by atoms with E-state index in [1.54, 1.807) is 23.5 Å². The Balaban J connectivity index is 2.22. The van der Waals surface area contributed by atoms with Crippen molar-refractivity contribution in [3.05, 3.63) is 49.6 Å². The molecule has 1 aromatic heterocycles. The van der Waals surface area contributed by atoms with Crippen LogP contribution in [0.25, 0.3) is 0 Å². The van der Waals surface area contributed by atoms with Crippen LogP contribution in [-0.4, -0.2) is 11.8 Å². The molecule has 0 bridgehead atoms. The van der Waals surface area contributed by atoms with Crippen LogP contribution in [0.2, 0.25) is 0 Å². The van der Waals surface area contributed by atoms with Crippen LogP contribution < -0.4 is 16.8 Å². The highest BCUT2D eigenvalue weighted by Gasteiger charge is 2.09. The Morgan fingerprint density at radius 3 is 2.14 bits per heavy atom. The zero-order chi connectivity index (χ0) is 15.6. The van der Waals surface area contributed by atoms with E-state index in [0.29, 0.717) is 12.2 Å². The van der Waals surface area contributed by atoms with Gasteiger partial charge in [0.05, 0.1) is 0 Å². The summed E-state index contributed by atoms with van der Waals surface area (Å²) in [6, 6.07) is 6.62. The van der Waals surface area contributed by atoms with Crippen LogP contribution >= 0.6 is 27.3 Å². The number of carbonyl (C=O) groups excluding carboxylic acids is 2. The first-order valence-electron chi connectivity index (χ1n) is 6.10. The molecule has 0 radical (unpaired) electrons. The number of amides is 2. The fourth-order valence-corrected chi connectivity index (χ4v) is 3.35. The normalized spacial score (nSPS) is 10.4. The maximum atomic E-state index is 11.3. The number of anilines is 1. The van der Waals surface area contributed by atoms with Crippen LogP contribution in [0.3, 0.4) is 0 Å². The quantitative estimate of drug-likeness (QED) is 0.757. The Kier molecular flexibility index (Phi) is 4.64. The molecule has 5 N–H and O–H groups in total. The minimum atomic E-state index is -0.601. The van der Waals surface area contributed by atoms with Crippen LogP contribution in [0.5, 0.6) is 0 Å². The third-order valence-corrected chi connectivity index (χ3v) is 5.01. The van der Waals surface area contributed by atoms with Gasteiger partial charge in [0.1, 0.15) is 0 Å². The molecule has 0 aliphatic rings. The zero-order valence-electron chi connectivity index (χ0n) is 11.3. The van der Waals surface area contributed by atoms with Crippen LogP contribution in [0, 0.1) is 6.92 Å². The van der Waals surface area contributed by atoms with Crippen LogP contribution in [0.4, 0.5) is 5.69 Å². The first kappa shape index (κ1) is 15.5. The van der Waals surface area contributed by atoms with E-state index >= 15 is 0 Å². The number of nitrogens with two attached hydrogens (primary N) is 2. The number of hydrogen-bond donors (Lipinski definition) is 3. The summed E-state index contributed by atoms with van der Waals surface area (Å²) < 4.78 is 1.06. The maximum absolute atomic E-state index is 11.3. The van der Waals surface area contributed by atoms with Gasteiger partial charge in [-0.1, -0.05) is 0 Å². The van der Waals surface area contributed by atoms with Gasteiger partial charge in [-0.05, 0) is 47.1 Å². The molecule has 2 rings (SSSR count). The minimum absolute atomic E-state index is 0.248. The van der Waals surface area contributed by atoms with E-state index in [1.807, 2.05) is 13.0 Å². The van der Waals surface area contributed by atoms with Crippen molar-refractivity contribution in [2.45, 2.75) is 13.5 Å². The fourth-order valence-electron chi connectivity index (χ4n) is 1.81. The molecule has 0 fully saturated rings. The highest BCUT2D eigenvalue weighted by Crippen LogP contribution is 2.27. The summed E-state index contributed by atoms with van der Waals surface area (Å²) in [5.41, 5.74) is 11.6. The molecule has 7 heteroatoms. The van der Waals surface area contributed by atoms with E-state index in [-0.39, 0.29) is 11.1 Å². The van der Waals surface area contributed by atoms with Crippen molar-refractivity contribution in [2.75, 3.05) is 5.32 Å². The number of rotatable bonds is 5. The Hall–Kier alpha value is -1.86. The maximum Gasteiger partial charge on any atom is 0.248 e. The third-order valence-electron chi connectivity index (χ3n) is 2.88. The fraction of sp³-hybridized carbons (Fsp3) is 0.143. The highest BCUT2D eigenvalue weighted by atomic mass is 79.9. The van der Waals surface area contributed by atoms with Gasteiger partial charge in [0.2, 0.25) is 11.8 Å². The molecule has 0 aliphatic carbocycles. The van der Waals surface area contributed by atoms with Crippen LogP contribution in [-0.2, 0) is 6.54 Å². The second-order valence-corrected chi connectivity index (χ2v) is 6.69. The smallest absolute Gasteiger partial charge is 0.248 e. The molecule has 0 saturated carbocycles. The number of carbonyl (C=O) groups is 2. The van der Waals surface area contributed by atoms with Crippen molar-refractivity contribution in [3.8, 4) is 0 Å². The molecule has 0 saturated heterocycles. The number of halogens is 1. The van der Waals surface area contributed by atoms with E-state index in [2.05, 4.69) is 21.2 Å². The standard InChI is InChI=1S/C14H14BrN3O2S/c1-7-12(15)5-11(21-7)6-18-10-3-8(13(16)19)2-9(4-10)14(17)20/h2-5,18H,6H2,1H3,(H2,16,19)(H2,17,20). The SMILES string of the molecule is Cc1sc(CNc2cc(C(N)=O)cc(C(N)=O)c2)cc1Br. The average Bonchev–Trinajstić information content (AvgIpc) is 2.75. The van der Waals surface area contributed by atoms with Gasteiger partial charge in [-0.3, -0.25) is 9.59 Å². The predicted octanol–water partition coefficient (Wildman–Crippen LogP) is 2.63. The van der Waals surface area contributed by atoms with Crippen molar-refractivity contribution in [1.29, 1.82) is 0 Å². The number of primary amides is 2. The summed E-state index contributed by atoms with van der Waals surface area (Å²) in [7, 11) is 0.